The van der Waals surface area contributed by atoms with Crippen molar-refractivity contribution in [2.24, 2.45) is 11.8 Å². The maximum Gasteiger partial charge on any atom is 0.319 e. The van der Waals surface area contributed by atoms with E-state index < -0.39 is 5.97 Å². The number of carboxylic acids is 1. The first-order chi connectivity index (χ1) is 10.0. The molecule has 1 saturated heterocycles. The number of carbonyl (C=O) groups is 3. The predicted octanol–water partition coefficient (Wildman–Crippen LogP) is -0.195. The summed E-state index contributed by atoms with van der Waals surface area (Å²) in [5.41, 5.74) is 0. The van der Waals surface area contributed by atoms with E-state index >= 15 is 0 Å². The Morgan fingerprint density at radius 2 is 1.71 bits per heavy atom. The zero-order valence-corrected chi connectivity index (χ0v) is 12.3. The maximum atomic E-state index is 12.4. The van der Waals surface area contributed by atoms with E-state index in [2.05, 4.69) is 4.74 Å². The number of esters is 1. The van der Waals surface area contributed by atoms with Crippen LogP contribution in [0.25, 0.3) is 0 Å². The van der Waals surface area contributed by atoms with Gasteiger partial charge in [-0.15, -0.1) is 0 Å². The Labute approximate surface area is 123 Å². The molecule has 0 bridgehead atoms. The van der Waals surface area contributed by atoms with Crippen LogP contribution in [0.3, 0.4) is 0 Å². The molecule has 1 saturated carbocycles. The first kappa shape index (κ1) is 15.8. The van der Waals surface area contributed by atoms with Crippen LogP contribution in [0.15, 0.2) is 0 Å². The molecule has 0 spiro atoms. The molecule has 0 aromatic rings. The molecule has 0 radical (unpaired) electrons. The number of amides is 1. The van der Waals surface area contributed by atoms with Gasteiger partial charge in [-0.2, -0.15) is 0 Å². The molecule has 118 valence electrons. The number of carboxylic acid groups (broad SMARTS) is 1. The van der Waals surface area contributed by atoms with Gasteiger partial charge in [-0.1, -0.05) is 0 Å². The molecule has 2 rings (SSSR count). The number of aliphatic carboxylic acids is 1. The first-order valence-electron chi connectivity index (χ1n) is 7.32. The van der Waals surface area contributed by atoms with E-state index in [1.807, 2.05) is 4.90 Å². The van der Waals surface area contributed by atoms with Crippen molar-refractivity contribution in [2.45, 2.75) is 19.3 Å². The molecule has 0 aromatic carbocycles. The fourth-order valence-corrected chi connectivity index (χ4v) is 3.06. The minimum Gasteiger partial charge on any atom is -0.481 e. The van der Waals surface area contributed by atoms with Gasteiger partial charge in [-0.25, -0.2) is 0 Å². The summed E-state index contributed by atoms with van der Waals surface area (Å²) in [6.07, 6.45) is 1.71. The number of hydrogen-bond donors (Lipinski definition) is 1. The summed E-state index contributed by atoms with van der Waals surface area (Å²) in [4.78, 5) is 38.3. The second kappa shape index (κ2) is 6.89. The monoisotopic (exact) mass is 298 g/mol. The van der Waals surface area contributed by atoms with Gasteiger partial charge in [0.25, 0.3) is 0 Å². The highest BCUT2D eigenvalue weighted by molar-refractivity contribution is 5.81. The van der Waals surface area contributed by atoms with Gasteiger partial charge in [0.2, 0.25) is 5.91 Å². The van der Waals surface area contributed by atoms with E-state index in [9.17, 15) is 14.4 Å². The van der Waals surface area contributed by atoms with Crippen LogP contribution >= 0.6 is 0 Å². The number of nitrogens with zero attached hydrogens (tertiary/aromatic N) is 2. The number of methoxy groups -OCH3 is 1. The third-order valence-corrected chi connectivity index (χ3v) is 4.40. The summed E-state index contributed by atoms with van der Waals surface area (Å²) in [7, 11) is 1.36. The van der Waals surface area contributed by atoms with Crippen molar-refractivity contribution in [3.63, 3.8) is 0 Å². The molecule has 1 aliphatic carbocycles. The Morgan fingerprint density at radius 1 is 1.10 bits per heavy atom. The van der Waals surface area contributed by atoms with Gasteiger partial charge in [0.15, 0.2) is 0 Å². The molecule has 1 aliphatic heterocycles. The van der Waals surface area contributed by atoms with E-state index in [-0.39, 0.29) is 30.3 Å². The van der Waals surface area contributed by atoms with Gasteiger partial charge in [-0.3, -0.25) is 19.3 Å². The third-order valence-electron chi connectivity index (χ3n) is 4.40. The van der Waals surface area contributed by atoms with Crippen LogP contribution in [-0.2, 0) is 19.1 Å². The Morgan fingerprint density at radius 3 is 2.24 bits per heavy atom. The summed E-state index contributed by atoms with van der Waals surface area (Å²) in [6, 6.07) is 0. The minimum atomic E-state index is -0.798. The van der Waals surface area contributed by atoms with E-state index in [0.29, 0.717) is 45.4 Å². The molecule has 7 heteroatoms. The van der Waals surface area contributed by atoms with Crippen molar-refractivity contribution in [1.82, 2.24) is 9.80 Å². The van der Waals surface area contributed by atoms with Crippen LogP contribution in [0.4, 0.5) is 0 Å². The highest BCUT2D eigenvalue weighted by atomic mass is 16.5. The highest BCUT2D eigenvalue weighted by Gasteiger charge is 2.36. The normalized spacial score (nSPS) is 26.6. The van der Waals surface area contributed by atoms with Gasteiger partial charge in [-0.05, 0) is 19.3 Å². The van der Waals surface area contributed by atoms with Crippen LogP contribution in [0.2, 0.25) is 0 Å². The van der Waals surface area contributed by atoms with Crippen LogP contribution < -0.4 is 0 Å². The van der Waals surface area contributed by atoms with Crippen molar-refractivity contribution in [1.29, 1.82) is 0 Å². The smallest absolute Gasteiger partial charge is 0.319 e. The average molecular weight is 298 g/mol. The zero-order chi connectivity index (χ0) is 15.4. The summed E-state index contributed by atoms with van der Waals surface area (Å²) in [5, 5.41) is 8.99. The number of piperazine rings is 1. The lowest BCUT2D eigenvalue weighted by molar-refractivity contribution is -0.143. The van der Waals surface area contributed by atoms with Gasteiger partial charge in [0.1, 0.15) is 0 Å². The Hall–Kier alpha value is -1.63. The molecule has 1 amide bonds. The largest absolute Gasteiger partial charge is 0.481 e. The van der Waals surface area contributed by atoms with Crippen molar-refractivity contribution < 1.29 is 24.2 Å². The zero-order valence-electron chi connectivity index (χ0n) is 12.3. The molecule has 7 nitrogen and oxygen atoms in total. The van der Waals surface area contributed by atoms with Crippen molar-refractivity contribution in [3.8, 4) is 0 Å². The molecule has 1 N–H and O–H groups in total. The van der Waals surface area contributed by atoms with E-state index in [4.69, 9.17) is 5.11 Å². The molecule has 2 atom stereocenters. The lowest BCUT2D eigenvalue weighted by Crippen LogP contribution is -2.51. The molecule has 21 heavy (non-hydrogen) atoms. The molecular weight excluding hydrogens is 276 g/mol. The predicted molar refractivity (Wildman–Crippen MR) is 73.5 cm³/mol. The van der Waals surface area contributed by atoms with E-state index in [1.54, 1.807) is 4.90 Å². The van der Waals surface area contributed by atoms with Gasteiger partial charge < -0.3 is 14.7 Å². The number of hydrogen-bond acceptors (Lipinski definition) is 5. The first-order valence-corrected chi connectivity index (χ1v) is 7.32. The third kappa shape index (κ3) is 3.93. The van der Waals surface area contributed by atoms with Crippen molar-refractivity contribution in [2.75, 3.05) is 39.8 Å². The SMILES string of the molecule is COC(=O)CN1CCN(C(=O)[C@@H]2CC[C@H](C(=O)O)C2)CC1. The fraction of sp³-hybridized carbons (Fsp3) is 0.786. The molecule has 1 heterocycles. The Kier molecular flexibility index (Phi) is 5.17. The molecule has 2 fully saturated rings. The second-order valence-electron chi connectivity index (χ2n) is 5.72. The molecule has 2 aliphatic rings. The minimum absolute atomic E-state index is 0.0662. The van der Waals surface area contributed by atoms with Gasteiger partial charge in [0, 0.05) is 32.1 Å². The van der Waals surface area contributed by atoms with Crippen LogP contribution in [0.1, 0.15) is 19.3 Å². The maximum absolute atomic E-state index is 12.4. The topological polar surface area (TPSA) is 87.2 Å². The van der Waals surface area contributed by atoms with Crippen LogP contribution in [0.5, 0.6) is 0 Å². The Balaban J connectivity index is 1.78. The van der Waals surface area contributed by atoms with E-state index in [1.165, 1.54) is 7.11 Å². The Bertz CT molecular complexity index is 418. The van der Waals surface area contributed by atoms with Crippen LogP contribution in [-0.4, -0.2) is 72.6 Å². The van der Waals surface area contributed by atoms with Crippen molar-refractivity contribution >= 4 is 17.8 Å². The molecule has 0 unspecified atom stereocenters. The quantitative estimate of drug-likeness (QED) is 0.724. The lowest BCUT2D eigenvalue weighted by Gasteiger charge is -2.35. The van der Waals surface area contributed by atoms with Gasteiger partial charge >= 0.3 is 11.9 Å². The van der Waals surface area contributed by atoms with Crippen LogP contribution in [0, 0.1) is 11.8 Å². The summed E-state index contributed by atoms with van der Waals surface area (Å²) < 4.78 is 4.63. The highest BCUT2D eigenvalue weighted by Crippen LogP contribution is 2.32. The second-order valence-corrected chi connectivity index (χ2v) is 5.72. The summed E-state index contributed by atoms with van der Waals surface area (Å²) in [6.45, 7) is 2.73. The van der Waals surface area contributed by atoms with E-state index in [0.717, 1.165) is 0 Å². The lowest BCUT2D eigenvalue weighted by atomic mass is 10.0. The van der Waals surface area contributed by atoms with Crippen molar-refractivity contribution in [3.05, 3.63) is 0 Å². The van der Waals surface area contributed by atoms with Gasteiger partial charge in [0.05, 0.1) is 19.6 Å². The summed E-state index contributed by atoms with van der Waals surface area (Å²) >= 11 is 0. The summed E-state index contributed by atoms with van der Waals surface area (Å²) in [5.74, 6) is -1.53. The fourth-order valence-electron chi connectivity index (χ4n) is 3.06. The average Bonchev–Trinajstić information content (AvgIpc) is 2.97. The number of ether oxygens (including phenoxy) is 1. The molecule has 0 aromatic heterocycles. The standard InChI is InChI=1S/C14H22N2O5/c1-21-12(17)9-15-4-6-16(7-5-15)13(18)10-2-3-11(8-10)14(19)20/h10-11H,2-9H2,1H3,(H,19,20)/t10-,11+/m1/s1. The molecular formula is C14H22N2O5. The number of carbonyl (C=O) groups excluding carboxylic acids is 2. The number of rotatable bonds is 4.